The molecule has 0 amide bonds. The van der Waals surface area contributed by atoms with Gasteiger partial charge in [-0.15, -0.1) is 0 Å². The Morgan fingerprint density at radius 2 is 1.17 bits per heavy atom. The number of hydrogen-bond acceptors (Lipinski definition) is 16. The first-order valence-corrected chi connectivity index (χ1v) is 27.0. The maximum absolute atomic E-state index is 9.71. The van der Waals surface area contributed by atoms with Crippen LogP contribution in [0.2, 0.25) is 18.1 Å². The van der Waals surface area contributed by atoms with Crippen molar-refractivity contribution in [3.05, 3.63) is 109 Å². The molecule has 3 aromatic heterocycles. The molecule has 1 aliphatic heterocycles. The lowest BCUT2D eigenvalue weighted by Crippen LogP contribution is -2.42. The Morgan fingerprint density at radius 3 is 1.65 bits per heavy atom. The number of fused-ring (bicyclic) bond motifs is 2. The molecule has 0 radical (unpaired) electrons. The fourth-order valence-corrected chi connectivity index (χ4v) is 9.17. The van der Waals surface area contributed by atoms with Crippen LogP contribution < -0.4 is 45.1 Å². The van der Waals surface area contributed by atoms with Crippen LogP contribution >= 0.6 is 0 Å². The number of pyridine rings is 1. The second-order valence-electron chi connectivity index (χ2n) is 19.0. The number of methoxy groups -OCH3 is 4. The van der Waals surface area contributed by atoms with Gasteiger partial charge in [-0.2, -0.15) is 0 Å². The van der Waals surface area contributed by atoms with Crippen molar-refractivity contribution in [1.82, 2.24) is 24.9 Å². The first-order valence-electron chi connectivity index (χ1n) is 24.1. The first kappa shape index (κ1) is 52.2. The lowest BCUT2D eigenvalue weighted by atomic mass is 9.97. The number of rotatable bonds is 18. The van der Waals surface area contributed by atoms with Crippen LogP contribution in [0.1, 0.15) is 39.3 Å². The van der Waals surface area contributed by atoms with E-state index >= 15 is 0 Å². The summed E-state index contributed by atoms with van der Waals surface area (Å²) in [5.41, 5.74) is 20.9. The summed E-state index contributed by atoms with van der Waals surface area (Å²) < 4.78 is 28.6. The number of aromatic nitrogens is 5. The molecule has 7 aromatic rings. The van der Waals surface area contributed by atoms with Crippen LogP contribution in [-0.2, 0) is 11.0 Å². The van der Waals surface area contributed by atoms with E-state index in [1.807, 2.05) is 83.9 Å². The quantitative estimate of drug-likeness (QED) is 0.0689. The summed E-state index contributed by atoms with van der Waals surface area (Å²) in [5, 5.41) is 9.86. The van der Waals surface area contributed by atoms with Crippen LogP contribution in [0.4, 0.5) is 28.6 Å². The third-order valence-corrected chi connectivity index (χ3v) is 18.0. The second kappa shape index (κ2) is 23.5. The molecule has 71 heavy (non-hydrogen) atoms. The highest BCUT2D eigenvalue weighted by Crippen LogP contribution is 2.39. The van der Waals surface area contributed by atoms with Crippen molar-refractivity contribution in [1.29, 1.82) is 0 Å². The minimum Gasteiger partial charge on any atom is -0.497 e. The van der Waals surface area contributed by atoms with Gasteiger partial charge < -0.3 is 54.6 Å². The number of aliphatic hydroxyl groups excluding tert-OH is 1. The minimum atomic E-state index is -1.90. The summed E-state index contributed by atoms with van der Waals surface area (Å²) in [6.45, 7) is 16.1. The summed E-state index contributed by atoms with van der Waals surface area (Å²) in [5.74, 6) is 4.33. The smallest absolute Gasteiger partial charge is 0.192 e. The van der Waals surface area contributed by atoms with Gasteiger partial charge in [-0.3, -0.25) is 15.0 Å². The number of nitrogens with zero attached hydrogens (tertiary/aromatic N) is 8. The summed E-state index contributed by atoms with van der Waals surface area (Å²) in [6, 6.07) is 27.5. The lowest BCUT2D eigenvalue weighted by molar-refractivity contribution is 0.297. The Labute approximate surface area is 419 Å². The predicted molar refractivity (Wildman–Crippen MR) is 288 cm³/mol. The number of piperidine rings is 1. The van der Waals surface area contributed by atoms with Gasteiger partial charge in [-0.1, -0.05) is 20.8 Å². The zero-order valence-corrected chi connectivity index (χ0v) is 43.7. The molecule has 0 bridgehead atoms. The van der Waals surface area contributed by atoms with E-state index in [1.165, 1.54) is 0 Å². The van der Waals surface area contributed by atoms with E-state index in [9.17, 15) is 5.11 Å². The number of benzene rings is 4. The van der Waals surface area contributed by atoms with Crippen molar-refractivity contribution < 1.29 is 28.5 Å². The van der Waals surface area contributed by atoms with Gasteiger partial charge in [0.05, 0.1) is 87.5 Å². The molecular weight excluding hydrogens is 913 g/mol. The number of ether oxygens (including phenoxy) is 4. The fraction of sp³-hybridized carbons (Fsp3) is 0.389. The maximum Gasteiger partial charge on any atom is 0.192 e. The Hall–Kier alpha value is -6.63. The summed E-state index contributed by atoms with van der Waals surface area (Å²) in [7, 11) is 4.66. The molecule has 4 heterocycles. The van der Waals surface area contributed by atoms with Crippen LogP contribution in [-0.4, -0.2) is 113 Å². The van der Waals surface area contributed by atoms with Gasteiger partial charge in [-0.05, 0) is 92.0 Å². The Balaban J connectivity index is 0.000000213. The Bertz CT molecular complexity index is 2810. The molecule has 0 spiro atoms. The Kier molecular flexibility index (Phi) is 17.3. The van der Waals surface area contributed by atoms with Crippen LogP contribution in [0.25, 0.3) is 33.3 Å². The van der Waals surface area contributed by atoms with Gasteiger partial charge >= 0.3 is 0 Å². The third-order valence-electron chi connectivity index (χ3n) is 13.5. The summed E-state index contributed by atoms with van der Waals surface area (Å²) >= 11 is 0. The van der Waals surface area contributed by atoms with Gasteiger partial charge in [0.25, 0.3) is 0 Å². The van der Waals surface area contributed by atoms with Gasteiger partial charge in [0, 0.05) is 104 Å². The minimum absolute atomic E-state index is 0.0254. The van der Waals surface area contributed by atoms with Crippen LogP contribution in [0, 0.1) is 5.92 Å². The van der Waals surface area contributed by atoms with Crippen molar-refractivity contribution in [3.8, 4) is 34.3 Å². The molecule has 1 aliphatic rings. The summed E-state index contributed by atoms with van der Waals surface area (Å²) in [4.78, 5) is 30.0. The largest absolute Gasteiger partial charge is 0.497 e. The zero-order valence-electron chi connectivity index (χ0n) is 42.7. The van der Waals surface area contributed by atoms with Crippen LogP contribution in [0.5, 0.6) is 23.0 Å². The van der Waals surface area contributed by atoms with Gasteiger partial charge in [-0.25, -0.2) is 9.97 Å². The molecule has 0 unspecified atom stereocenters. The number of nitrogens with two attached hydrogens (primary N) is 2. The maximum atomic E-state index is 9.71. The second-order valence-corrected chi connectivity index (χ2v) is 23.8. The molecule has 16 nitrogen and oxygen atoms in total. The monoisotopic (exact) mass is 983 g/mol. The highest BCUT2D eigenvalue weighted by Gasteiger charge is 2.37. The molecule has 5 N–H and O–H groups in total. The third kappa shape index (κ3) is 12.8. The SMILES string of the molecule is COc1cc(OC)cc(N(CCO)c2ccc3ncc(-c4ccc(CN)nc4)nc3c2)c1.COc1cc(OC)cc(N(CCO[Si](C)(C)C(C)(C)C)c2ccc3ncc(N4CCC(CN)CC4)nc3c2)c1. The van der Waals surface area contributed by atoms with Crippen LogP contribution in [0.3, 0.4) is 0 Å². The van der Waals surface area contributed by atoms with Gasteiger partial charge in [0.2, 0.25) is 0 Å². The van der Waals surface area contributed by atoms with E-state index in [0.717, 1.165) is 112 Å². The molecule has 17 heteroatoms. The zero-order chi connectivity index (χ0) is 50.7. The first-order chi connectivity index (χ1) is 34.2. The topological polar surface area (TPSA) is 193 Å². The van der Waals surface area contributed by atoms with E-state index in [1.54, 1.807) is 40.8 Å². The average molecular weight is 983 g/mol. The van der Waals surface area contributed by atoms with Gasteiger partial charge in [0.1, 0.15) is 28.8 Å². The van der Waals surface area contributed by atoms with E-state index in [2.05, 4.69) is 65.8 Å². The van der Waals surface area contributed by atoms with Crippen molar-refractivity contribution >= 4 is 59.0 Å². The van der Waals surface area contributed by atoms with Crippen molar-refractivity contribution in [2.24, 2.45) is 17.4 Å². The molecule has 0 aliphatic carbocycles. The van der Waals surface area contributed by atoms with Crippen molar-refractivity contribution in [2.75, 3.05) is 89.1 Å². The highest BCUT2D eigenvalue weighted by atomic mass is 28.4. The molecule has 4 aromatic carbocycles. The summed E-state index contributed by atoms with van der Waals surface area (Å²) in [6.07, 6.45) is 7.57. The normalized spacial score (nSPS) is 13.2. The van der Waals surface area contributed by atoms with Gasteiger partial charge in [0.15, 0.2) is 8.32 Å². The number of aliphatic hydroxyl groups is 1. The predicted octanol–water partition coefficient (Wildman–Crippen LogP) is 9.28. The van der Waals surface area contributed by atoms with E-state index < -0.39 is 8.32 Å². The molecule has 8 rings (SSSR count). The fourth-order valence-electron chi connectivity index (χ4n) is 8.13. The van der Waals surface area contributed by atoms with E-state index in [4.69, 9.17) is 49.8 Å². The highest BCUT2D eigenvalue weighted by molar-refractivity contribution is 6.74. The standard InChI is InChI=1S/C30H45N5O3Si.C24H25N5O3/c1-30(2,3)39(6,7)38-15-14-35(24-16-25(36-4)19-26(17-24)37-5)23-8-9-27-28(18-23)33-29(21-32-27)34-12-10-22(20-31)11-13-34;1-31-20-9-19(10-21(12-20)32-2)29(7-8-30)18-5-6-22-23(11-18)28-24(15-27-22)16-3-4-17(13-25)26-14-16/h8-9,16-19,21-22H,10-15,20,31H2,1-7H3;3-6,9-12,14-15,30H,7-8,13,25H2,1-2H3. The van der Waals surface area contributed by atoms with Crippen molar-refractivity contribution in [3.63, 3.8) is 0 Å². The molecule has 376 valence electrons. The number of hydrogen-bond donors (Lipinski definition) is 3. The molecule has 1 saturated heterocycles. The average Bonchev–Trinajstić information content (AvgIpc) is 3.40. The molecular formula is C54H70N10O6Si. The van der Waals surface area contributed by atoms with Crippen molar-refractivity contribution in [2.45, 2.75) is 58.3 Å². The van der Waals surface area contributed by atoms with E-state index in [0.29, 0.717) is 43.7 Å². The Morgan fingerprint density at radius 1 is 0.634 bits per heavy atom. The molecule has 0 atom stereocenters. The van der Waals surface area contributed by atoms with E-state index in [-0.39, 0.29) is 11.6 Å². The van der Waals surface area contributed by atoms with Crippen LogP contribution in [0.15, 0.2) is 104 Å². The number of anilines is 5. The molecule has 0 saturated carbocycles. The lowest BCUT2D eigenvalue weighted by Gasteiger charge is -2.37. The molecule has 1 fully saturated rings.